The average molecular weight is 278 g/mol. The fourth-order valence-electron chi connectivity index (χ4n) is 1.47. The Bertz CT molecular complexity index is 418. The zero-order valence-corrected chi connectivity index (χ0v) is 10.8. The van der Waals surface area contributed by atoms with Crippen LogP contribution in [0.2, 0.25) is 0 Å². The number of hydrogen-bond acceptors (Lipinski definition) is 3. The predicted octanol–water partition coefficient (Wildman–Crippen LogP) is 3.85. The first kappa shape index (κ1) is 14.9. The summed E-state index contributed by atoms with van der Waals surface area (Å²) in [5, 5.41) is -1.37. The van der Waals surface area contributed by atoms with E-state index < -0.39 is 16.7 Å². The summed E-state index contributed by atoms with van der Waals surface area (Å²) in [6.45, 7) is 3.28. The Labute approximate surface area is 108 Å². The summed E-state index contributed by atoms with van der Waals surface area (Å²) < 4.78 is 42.1. The van der Waals surface area contributed by atoms with Crippen LogP contribution >= 0.6 is 11.8 Å². The number of carbonyl (C=O) groups excluding carboxylic acids is 1. The Morgan fingerprint density at radius 2 is 2.00 bits per heavy atom. The SMILES string of the molecule is CCOC(=O)C(SC(F)(F)F)c1ccccc1C. The molecule has 0 fully saturated rings. The number of carbonyl (C=O) groups is 1. The number of aryl methyl sites for hydroxylation is 1. The quantitative estimate of drug-likeness (QED) is 0.782. The van der Waals surface area contributed by atoms with Crippen molar-refractivity contribution >= 4 is 17.7 Å². The first-order valence-corrected chi connectivity index (χ1v) is 6.20. The molecule has 0 aliphatic rings. The molecule has 1 atom stereocenters. The highest BCUT2D eigenvalue weighted by Gasteiger charge is 2.38. The van der Waals surface area contributed by atoms with Gasteiger partial charge in [0.2, 0.25) is 0 Å². The van der Waals surface area contributed by atoms with Crippen LogP contribution in [0.25, 0.3) is 0 Å². The molecule has 0 saturated carbocycles. The van der Waals surface area contributed by atoms with Gasteiger partial charge in [-0.3, -0.25) is 4.79 Å². The van der Waals surface area contributed by atoms with Gasteiger partial charge in [-0.15, -0.1) is 0 Å². The largest absolute Gasteiger partial charge is 0.465 e. The number of halogens is 3. The predicted molar refractivity (Wildman–Crippen MR) is 64.2 cm³/mol. The number of ether oxygens (including phenoxy) is 1. The summed E-state index contributed by atoms with van der Waals surface area (Å²) in [6.07, 6.45) is 0. The lowest BCUT2D eigenvalue weighted by molar-refractivity contribution is -0.142. The van der Waals surface area contributed by atoms with E-state index in [-0.39, 0.29) is 18.4 Å². The number of thioether (sulfide) groups is 1. The van der Waals surface area contributed by atoms with Gasteiger partial charge in [0.1, 0.15) is 5.25 Å². The summed E-state index contributed by atoms with van der Waals surface area (Å²) in [5.74, 6) is -0.867. The Balaban J connectivity index is 3.05. The maximum absolute atomic E-state index is 12.5. The Hall–Kier alpha value is -1.17. The molecule has 1 rings (SSSR count). The number of benzene rings is 1. The molecule has 0 amide bonds. The molecule has 0 aliphatic carbocycles. The number of rotatable bonds is 4. The summed E-state index contributed by atoms with van der Waals surface area (Å²) in [6, 6.07) is 6.49. The highest BCUT2D eigenvalue weighted by atomic mass is 32.2. The second-order valence-electron chi connectivity index (χ2n) is 3.55. The van der Waals surface area contributed by atoms with E-state index in [9.17, 15) is 18.0 Å². The second-order valence-corrected chi connectivity index (χ2v) is 4.72. The summed E-state index contributed by atoms with van der Waals surface area (Å²) in [5.41, 5.74) is -3.52. The van der Waals surface area contributed by atoms with E-state index in [2.05, 4.69) is 0 Å². The molecule has 0 saturated heterocycles. The van der Waals surface area contributed by atoms with Gasteiger partial charge in [0.05, 0.1) is 6.61 Å². The molecule has 18 heavy (non-hydrogen) atoms. The maximum Gasteiger partial charge on any atom is 0.442 e. The van der Waals surface area contributed by atoms with Crippen LogP contribution in [0.1, 0.15) is 23.3 Å². The van der Waals surface area contributed by atoms with E-state index in [1.807, 2.05) is 0 Å². The molecule has 0 spiro atoms. The lowest BCUT2D eigenvalue weighted by Crippen LogP contribution is -2.18. The van der Waals surface area contributed by atoms with Gasteiger partial charge in [-0.05, 0) is 36.7 Å². The summed E-state index contributed by atoms with van der Waals surface area (Å²) in [7, 11) is 0. The molecular formula is C12H13F3O2S. The van der Waals surface area contributed by atoms with E-state index in [4.69, 9.17) is 4.74 Å². The van der Waals surface area contributed by atoms with Gasteiger partial charge >= 0.3 is 11.5 Å². The fraction of sp³-hybridized carbons (Fsp3) is 0.417. The highest BCUT2D eigenvalue weighted by molar-refractivity contribution is 8.01. The minimum Gasteiger partial charge on any atom is -0.465 e. The van der Waals surface area contributed by atoms with Crippen molar-refractivity contribution in [2.24, 2.45) is 0 Å². The average Bonchev–Trinajstić information content (AvgIpc) is 2.26. The third-order valence-electron chi connectivity index (χ3n) is 2.22. The molecule has 100 valence electrons. The maximum atomic E-state index is 12.5. The Kier molecular flexibility index (Phi) is 5.07. The van der Waals surface area contributed by atoms with E-state index in [0.717, 1.165) is 0 Å². The molecule has 1 aromatic carbocycles. The van der Waals surface area contributed by atoms with Gasteiger partial charge in [0, 0.05) is 0 Å². The standard InChI is InChI=1S/C12H13F3O2S/c1-3-17-11(16)10(18-12(13,14)15)9-7-5-4-6-8(9)2/h4-7,10H,3H2,1-2H3. The Morgan fingerprint density at radius 1 is 1.39 bits per heavy atom. The van der Waals surface area contributed by atoms with Crippen molar-refractivity contribution in [1.29, 1.82) is 0 Å². The van der Waals surface area contributed by atoms with Gasteiger partial charge in [-0.2, -0.15) is 13.2 Å². The number of hydrogen-bond donors (Lipinski definition) is 0. The second kappa shape index (κ2) is 6.13. The minimum atomic E-state index is -4.49. The van der Waals surface area contributed by atoms with E-state index >= 15 is 0 Å². The Morgan fingerprint density at radius 3 is 2.50 bits per heavy atom. The molecule has 0 N–H and O–H groups in total. The van der Waals surface area contributed by atoms with Gasteiger partial charge in [0.25, 0.3) is 0 Å². The third kappa shape index (κ3) is 4.25. The van der Waals surface area contributed by atoms with Crippen LogP contribution in [0.15, 0.2) is 24.3 Å². The van der Waals surface area contributed by atoms with Crippen LogP contribution in [-0.2, 0) is 9.53 Å². The lowest BCUT2D eigenvalue weighted by Gasteiger charge is -2.18. The lowest BCUT2D eigenvalue weighted by atomic mass is 10.1. The molecule has 1 aromatic rings. The van der Waals surface area contributed by atoms with Crippen molar-refractivity contribution in [2.75, 3.05) is 6.61 Å². The van der Waals surface area contributed by atoms with Gasteiger partial charge in [0.15, 0.2) is 0 Å². The highest BCUT2D eigenvalue weighted by Crippen LogP contribution is 2.43. The first-order valence-electron chi connectivity index (χ1n) is 5.32. The van der Waals surface area contributed by atoms with Crippen LogP contribution in [0.5, 0.6) is 0 Å². The number of esters is 1. The van der Waals surface area contributed by atoms with Crippen molar-refractivity contribution < 1.29 is 22.7 Å². The smallest absolute Gasteiger partial charge is 0.442 e. The summed E-state index contributed by atoms with van der Waals surface area (Å²) in [4.78, 5) is 11.6. The number of alkyl halides is 3. The van der Waals surface area contributed by atoms with Crippen molar-refractivity contribution in [3.8, 4) is 0 Å². The van der Waals surface area contributed by atoms with Crippen LogP contribution in [0.4, 0.5) is 13.2 Å². The van der Waals surface area contributed by atoms with E-state index in [1.54, 1.807) is 32.0 Å². The fourth-order valence-corrected chi connectivity index (χ4v) is 2.29. The van der Waals surface area contributed by atoms with Crippen LogP contribution < -0.4 is 0 Å². The van der Waals surface area contributed by atoms with Crippen LogP contribution in [0.3, 0.4) is 0 Å². The van der Waals surface area contributed by atoms with Gasteiger partial charge < -0.3 is 4.74 Å². The van der Waals surface area contributed by atoms with Crippen LogP contribution in [-0.4, -0.2) is 18.1 Å². The molecule has 1 unspecified atom stereocenters. The zero-order valence-electron chi connectivity index (χ0n) is 9.95. The van der Waals surface area contributed by atoms with E-state index in [1.165, 1.54) is 6.07 Å². The van der Waals surface area contributed by atoms with Crippen molar-refractivity contribution in [1.82, 2.24) is 0 Å². The molecule has 6 heteroatoms. The third-order valence-corrected chi connectivity index (χ3v) is 3.17. The normalized spacial score (nSPS) is 13.2. The van der Waals surface area contributed by atoms with Crippen molar-refractivity contribution in [3.05, 3.63) is 35.4 Å². The van der Waals surface area contributed by atoms with E-state index in [0.29, 0.717) is 11.1 Å². The molecule has 0 heterocycles. The summed E-state index contributed by atoms with van der Waals surface area (Å²) >= 11 is -0.357. The zero-order chi connectivity index (χ0) is 13.8. The van der Waals surface area contributed by atoms with Gasteiger partial charge in [-0.1, -0.05) is 24.3 Å². The monoisotopic (exact) mass is 278 g/mol. The van der Waals surface area contributed by atoms with Crippen molar-refractivity contribution in [2.45, 2.75) is 24.6 Å². The molecular weight excluding hydrogens is 265 g/mol. The molecule has 0 radical (unpaired) electrons. The first-order chi connectivity index (χ1) is 8.35. The van der Waals surface area contributed by atoms with Crippen molar-refractivity contribution in [3.63, 3.8) is 0 Å². The van der Waals surface area contributed by atoms with Crippen LogP contribution in [0, 0.1) is 6.92 Å². The van der Waals surface area contributed by atoms with Gasteiger partial charge in [-0.25, -0.2) is 0 Å². The minimum absolute atomic E-state index is 0.0552. The molecule has 0 bridgehead atoms. The molecule has 0 aliphatic heterocycles. The molecule has 2 nitrogen and oxygen atoms in total. The molecule has 0 aromatic heterocycles. The topological polar surface area (TPSA) is 26.3 Å².